The smallest absolute Gasteiger partial charge is 0.252 e. The molecular formula is C22H26N4O3S2. The second-order valence-electron chi connectivity index (χ2n) is 8.63. The van der Waals surface area contributed by atoms with Crippen molar-refractivity contribution in [2.24, 2.45) is 0 Å². The Morgan fingerprint density at radius 2 is 2.03 bits per heavy atom. The average molecular weight is 459 g/mol. The number of hydrogen-bond acceptors (Lipinski definition) is 6. The lowest BCUT2D eigenvalue weighted by atomic mass is 9.95. The Morgan fingerprint density at radius 1 is 1.23 bits per heavy atom. The average Bonchev–Trinajstić information content (AvgIpc) is 3.47. The largest absolute Gasteiger partial charge is 0.349 e. The number of fused-ring (bicyclic) bond motifs is 1. The van der Waals surface area contributed by atoms with E-state index in [2.05, 4.69) is 10.4 Å². The van der Waals surface area contributed by atoms with Gasteiger partial charge >= 0.3 is 0 Å². The summed E-state index contributed by atoms with van der Waals surface area (Å²) in [7, 11) is -3.07. The van der Waals surface area contributed by atoms with Gasteiger partial charge in [0, 0.05) is 6.04 Å². The first-order valence-corrected chi connectivity index (χ1v) is 13.6. The fraction of sp³-hybridized carbons (Fsp3) is 0.500. The summed E-state index contributed by atoms with van der Waals surface area (Å²) in [5.74, 6) is 0.133. The lowest BCUT2D eigenvalue weighted by Crippen LogP contribution is -2.36. The molecule has 31 heavy (non-hydrogen) atoms. The van der Waals surface area contributed by atoms with E-state index in [0.29, 0.717) is 23.3 Å². The highest BCUT2D eigenvalue weighted by Gasteiger charge is 2.32. The lowest BCUT2D eigenvalue weighted by molar-refractivity contribution is 0.0929. The zero-order valence-electron chi connectivity index (χ0n) is 17.5. The van der Waals surface area contributed by atoms with E-state index < -0.39 is 9.84 Å². The van der Waals surface area contributed by atoms with Crippen LogP contribution in [0.25, 0.3) is 21.6 Å². The van der Waals surface area contributed by atoms with Crippen LogP contribution in [0.5, 0.6) is 0 Å². The second-order valence-corrected chi connectivity index (χ2v) is 11.8. The molecule has 5 rings (SSSR count). The van der Waals surface area contributed by atoms with Gasteiger partial charge in [0.25, 0.3) is 5.91 Å². The van der Waals surface area contributed by atoms with Gasteiger partial charge in [-0.3, -0.25) is 4.79 Å². The Hall–Kier alpha value is -2.26. The Balaban J connectivity index is 1.62. The summed E-state index contributed by atoms with van der Waals surface area (Å²) in [5.41, 5.74) is 2.60. The summed E-state index contributed by atoms with van der Waals surface area (Å²) in [5, 5.41) is 10.6. The predicted molar refractivity (Wildman–Crippen MR) is 122 cm³/mol. The third kappa shape index (κ3) is 4.01. The number of thiophene rings is 1. The van der Waals surface area contributed by atoms with Gasteiger partial charge in [0.2, 0.25) is 0 Å². The highest BCUT2D eigenvalue weighted by atomic mass is 32.2. The molecule has 7 nitrogen and oxygen atoms in total. The molecule has 3 aromatic heterocycles. The van der Waals surface area contributed by atoms with Crippen molar-refractivity contribution in [3.63, 3.8) is 0 Å². The maximum absolute atomic E-state index is 13.4. The molecule has 0 aromatic carbocycles. The Bertz CT molecular complexity index is 1230. The fourth-order valence-corrected chi connectivity index (χ4v) is 7.15. The number of pyridine rings is 1. The van der Waals surface area contributed by atoms with Crippen LogP contribution < -0.4 is 5.32 Å². The first kappa shape index (κ1) is 20.6. The molecule has 1 aliphatic heterocycles. The summed E-state index contributed by atoms with van der Waals surface area (Å²) in [6, 6.07) is 5.75. The zero-order valence-corrected chi connectivity index (χ0v) is 19.1. The van der Waals surface area contributed by atoms with Crippen LogP contribution in [0.4, 0.5) is 0 Å². The summed E-state index contributed by atoms with van der Waals surface area (Å²) in [6.45, 7) is 1.87. The second kappa shape index (κ2) is 8.02. The van der Waals surface area contributed by atoms with Crippen LogP contribution in [0.15, 0.2) is 23.6 Å². The number of rotatable bonds is 4. The van der Waals surface area contributed by atoms with Crippen molar-refractivity contribution in [3.8, 4) is 10.6 Å². The maximum Gasteiger partial charge on any atom is 0.252 e. The first-order valence-electron chi connectivity index (χ1n) is 10.9. The van der Waals surface area contributed by atoms with Gasteiger partial charge < -0.3 is 5.32 Å². The SMILES string of the molecule is Cc1nn([C@H]2CCS(=O)(=O)C2)c2nc(-c3cccs3)cc(C(=O)NC3CCCCC3)c12. The van der Waals surface area contributed by atoms with Crippen LogP contribution in [-0.4, -0.2) is 46.6 Å². The van der Waals surface area contributed by atoms with E-state index in [-0.39, 0.29) is 29.5 Å². The van der Waals surface area contributed by atoms with Crippen LogP contribution in [0.1, 0.15) is 60.6 Å². The van der Waals surface area contributed by atoms with Crippen LogP contribution in [0.2, 0.25) is 0 Å². The maximum atomic E-state index is 13.4. The van der Waals surface area contributed by atoms with Gasteiger partial charge in [-0.15, -0.1) is 11.3 Å². The fourth-order valence-electron chi connectivity index (χ4n) is 4.78. The molecule has 1 amide bonds. The van der Waals surface area contributed by atoms with Gasteiger partial charge in [-0.25, -0.2) is 18.1 Å². The molecule has 0 unspecified atom stereocenters. The summed E-state index contributed by atoms with van der Waals surface area (Å²) >= 11 is 1.57. The molecule has 3 aromatic rings. The Labute approximate surface area is 185 Å². The number of amides is 1. The quantitative estimate of drug-likeness (QED) is 0.640. The number of sulfone groups is 1. The minimum atomic E-state index is -3.07. The normalized spacial score (nSPS) is 21.5. The van der Waals surface area contributed by atoms with E-state index in [1.54, 1.807) is 16.0 Å². The molecule has 1 N–H and O–H groups in total. The zero-order chi connectivity index (χ0) is 21.6. The van der Waals surface area contributed by atoms with Crippen LogP contribution in [0, 0.1) is 6.92 Å². The molecule has 0 radical (unpaired) electrons. The third-order valence-electron chi connectivity index (χ3n) is 6.35. The van der Waals surface area contributed by atoms with E-state index in [9.17, 15) is 13.2 Å². The van der Waals surface area contributed by atoms with Crippen LogP contribution in [0.3, 0.4) is 0 Å². The topological polar surface area (TPSA) is 93.9 Å². The predicted octanol–water partition coefficient (Wildman–Crippen LogP) is 3.89. The van der Waals surface area contributed by atoms with Gasteiger partial charge in [-0.2, -0.15) is 5.10 Å². The number of aromatic nitrogens is 3. The molecule has 164 valence electrons. The molecule has 4 heterocycles. The summed E-state index contributed by atoms with van der Waals surface area (Å²) in [4.78, 5) is 19.2. The van der Waals surface area contributed by atoms with Gasteiger partial charge in [0.05, 0.1) is 44.8 Å². The highest BCUT2D eigenvalue weighted by Crippen LogP contribution is 2.33. The van der Waals surface area contributed by atoms with E-state index in [4.69, 9.17) is 4.98 Å². The third-order valence-corrected chi connectivity index (χ3v) is 8.99. The van der Waals surface area contributed by atoms with Crippen molar-refractivity contribution in [3.05, 3.63) is 34.8 Å². The Morgan fingerprint density at radius 3 is 2.71 bits per heavy atom. The molecule has 0 bridgehead atoms. The standard InChI is InChI=1S/C22H26N4O3S2/c1-14-20-17(22(27)23-15-6-3-2-4-7-15)12-18(19-8-5-10-30-19)24-21(20)26(25-14)16-9-11-31(28,29)13-16/h5,8,10,12,15-16H,2-4,6-7,9,11,13H2,1H3,(H,23,27)/t16-/m0/s1. The van der Waals surface area contributed by atoms with Gasteiger partial charge in [-0.1, -0.05) is 25.3 Å². The van der Waals surface area contributed by atoms with Gasteiger partial charge in [-0.05, 0) is 43.7 Å². The number of carbonyl (C=O) groups is 1. The van der Waals surface area contributed by atoms with Crippen molar-refractivity contribution in [2.45, 2.75) is 57.5 Å². The van der Waals surface area contributed by atoms with Crippen molar-refractivity contribution in [1.29, 1.82) is 0 Å². The molecule has 1 aliphatic carbocycles. The molecule has 0 spiro atoms. The Kier molecular flexibility index (Phi) is 5.34. The summed E-state index contributed by atoms with van der Waals surface area (Å²) in [6.07, 6.45) is 6.05. The number of nitrogens with one attached hydrogen (secondary N) is 1. The van der Waals surface area contributed by atoms with E-state index in [1.165, 1.54) is 6.42 Å². The van der Waals surface area contributed by atoms with Gasteiger partial charge in [0.15, 0.2) is 15.5 Å². The van der Waals surface area contributed by atoms with Crippen molar-refractivity contribution < 1.29 is 13.2 Å². The van der Waals surface area contributed by atoms with Crippen molar-refractivity contribution in [2.75, 3.05) is 11.5 Å². The van der Waals surface area contributed by atoms with E-state index in [0.717, 1.165) is 41.6 Å². The van der Waals surface area contributed by atoms with Crippen LogP contribution >= 0.6 is 11.3 Å². The number of hydrogen-bond donors (Lipinski definition) is 1. The van der Waals surface area contributed by atoms with Crippen molar-refractivity contribution >= 4 is 38.1 Å². The van der Waals surface area contributed by atoms with Gasteiger partial charge in [0.1, 0.15) is 0 Å². The number of aryl methyl sites for hydroxylation is 1. The van der Waals surface area contributed by atoms with E-state index >= 15 is 0 Å². The first-order chi connectivity index (χ1) is 14.9. The molecular weight excluding hydrogens is 432 g/mol. The minimum Gasteiger partial charge on any atom is -0.349 e. The highest BCUT2D eigenvalue weighted by molar-refractivity contribution is 7.91. The molecule has 2 fully saturated rings. The molecule has 1 atom stereocenters. The monoisotopic (exact) mass is 458 g/mol. The van der Waals surface area contributed by atoms with Crippen molar-refractivity contribution in [1.82, 2.24) is 20.1 Å². The minimum absolute atomic E-state index is 0.0672. The number of carbonyl (C=O) groups excluding carboxylic acids is 1. The summed E-state index contributed by atoms with van der Waals surface area (Å²) < 4.78 is 25.9. The molecule has 9 heteroatoms. The van der Waals surface area contributed by atoms with E-state index in [1.807, 2.05) is 30.5 Å². The molecule has 1 saturated carbocycles. The lowest BCUT2D eigenvalue weighted by Gasteiger charge is -2.23. The molecule has 1 saturated heterocycles. The van der Waals surface area contributed by atoms with Crippen LogP contribution in [-0.2, 0) is 9.84 Å². The number of nitrogens with zero attached hydrogens (tertiary/aromatic N) is 3. The molecule has 2 aliphatic rings.